The predicted molar refractivity (Wildman–Crippen MR) is 73.1 cm³/mol. The zero-order valence-electron chi connectivity index (χ0n) is 11.6. The molecule has 8 heteroatoms. The summed E-state index contributed by atoms with van der Waals surface area (Å²) in [6.07, 6.45) is -3.95. The zero-order valence-corrected chi connectivity index (χ0v) is 11.6. The maximum Gasteiger partial charge on any atom is 0.573 e. The van der Waals surface area contributed by atoms with Crippen LogP contribution in [-0.2, 0) is 0 Å². The summed E-state index contributed by atoms with van der Waals surface area (Å²) in [5.41, 5.74) is 5.81. The molecule has 0 heterocycles. The Hall–Kier alpha value is -1.96. The molecule has 0 radical (unpaired) electrons. The van der Waals surface area contributed by atoms with Crippen LogP contribution in [0.4, 0.5) is 23.7 Å². The fourth-order valence-corrected chi connectivity index (χ4v) is 1.68. The number of amides is 2. The number of alkyl halides is 3. The monoisotopic (exact) mass is 305 g/mol. The Labute approximate surface area is 120 Å². The van der Waals surface area contributed by atoms with Gasteiger partial charge in [0.1, 0.15) is 5.75 Å². The molecule has 2 amide bonds. The molecule has 0 aliphatic heterocycles. The normalized spacial score (nSPS) is 11.1. The van der Waals surface area contributed by atoms with Gasteiger partial charge in [-0.2, -0.15) is 0 Å². The summed E-state index contributed by atoms with van der Waals surface area (Å²) in [5.74, 6) is -0.340. The first-order chi connectivity index (χ1) is 9.85. The van der Waals surface area contributed by atoms with Crippen LogP contribution in [0.3, 0.4) is 0 Å². The third-order valence-electron chi connectivity index (χ3n) is 2.52. The molecule has 1 aromatic carbocycles. The fraction of sp³-hybridized carbons (Fsp3) is 0.462. The van der Waals surface area contributed by atoms with Crippen molar-refractivity contribution in [1.29, 1.82) is 0 Å². The number of hydrogen-bond acceptors (Lipinski definition) is 3. The highest BCUT2D eigenvalue weighted by Gasteiger charge is 2.30. The Morgan fingerprint density at radius 3 is 2.38 bits per heavy atom. The van der Waals surface area contributed by atoms with E-state index in [-0.39, 0.29) is 11.8 Å². The Morgan fingerprint density at radius 2 is 1.90 bits per heavy atom. The molecule has 0 saturated carbocycles. The maximum absolute atomic E-state index is 12.0. The smallest absolute Gasteiger partial charge is 0.406 e. The van der Waals surface area contributed by atoms with E-state index in [0.717, 1.165) is 18.6 Å². The van der Waals surface area contributed by atoms with Crippen molar-refractivity contribution in [1.82, 2.24) is 4.90 Å². The molecular formula is C13H18F3N3O2. The Balaban J connectivity index is 2.63. The van der Waals surface area contributed by atoms with Crippen molar-refractivity contribution in [3.63, 3.8) is 0 Å². The van der Waals surface area contributed by atoms with Crippen LogP contribution in [0.5, 0.6) is 5.75 Å². The highest BCUT2D eigenvalue weighted by Crippen LogP contribution is 2.24. The first kappa shape index (κ1) is 17.1. The summed E-state index contributed by atoms with van der Waals surface area (Å²) >= 11 is 0. The summed E-state index contributed by atoms with van der Waals surface area (Å²) in [4.78, 5) is 13.5. The summed E-state index contributed by atoms with van der Waals surface area (Å²) < 4.78 is 39.8. The number of nitrogens with zero attached hydrogens (tertiary/aromatic N) is 1. The lowest BCUT2D eigenvalue weighted by molar-refractivity contribution is -0.274. The van der Waals surface area contributed by atoms with E-state index in [1.54, 1.807) is 4.90 Å². The number of carbonyl (C=O) groups is 1. The molecule has 0 saturated heterocycles. The molecule has 1 rings (SSSR count). The minimum atomic E-state index is -4.73. The molecule has 0 unspecified atom stereocenters. The molecule has 0 spiro atoms. The first-order valence-electron chi connectivity index (χ1n) is 6.47. The fourth-order valence-electron chi connectivity index (χ4n) is 1.68. The van der Waals surface area contributed by atoms with Crippen LogP contribution < -0.4 is 15.8 Å². The highest BCUT2D eigenvalue weighted by atomic mass is 19.4. The van der Waals surface area contributed by atoms with Gasteiger partial charge < -0.3 is 20.7 Å². The van der Waals surface area contributed by atoms with Gasteiger partial charge in [-0.15, -0.1) is 13.2 Å². The van der Waals surface area contributed by atoms with E-state index in [9.17, 15) is 18.0 Å². The number of hydrogen-bond donors (Lipinski definition) is 2. The molecule has 3 N–H and O–H groups in total. The van der Waals surface area contributed by atoms with Crippen molar-refractivity contribution < 1.29 is 22.7 Å². The molecule has 21 heavy (non-hydrogen) atoms. The van der Waals surface area contributed by atoms with E-state index < -0.39 is 6.36 Å². The summed E-state index contributed by atoms with van der Waals surface area (Å²) in [6.45, 7) is 3.24. The zero-order chi connectivity index (χ0) is 15.9. The number of nitrogens with one attached hydrogen (secondary N) is 1. The standard InChI is InChI=1S/C13H18F3N3O2/c1-2-8-19(9-7-17)12(20)18-10-3-5-11(6-4-10)21-13(14,15)16/h3-6H,2,7-9,17H2,1H3,(H,18,20). The van der Waals surface area contributed by atoms with Crippen LogP contribution in [0, 0.1) is 0 Å². The summed E-state index contributed by atoms with van der Waals surface area (Å²) in [6, 6.07) is 4.61. The van der Waals surface area contributed by atoms with Crippen molar-refractivity contribution in [2.45, 2.75) is 19.7 Å². The van der Waals surface area contributed by atoms with Gasteiger partial charge in [0.2, 0.25) is 0 Å². The number of urea groups is 1. The quantitative estimate of drug-likeness (QED) is 0.849. The van der Waals surface area contributed by atoms with E-state index in [4.69, 9.17) is 5.73 Å². The van der Waals surface area contributed by atoms with Crippen LogP contribution in [0.15, 0.2) is 24.3 Å². The van der Waals surface area contributed by atoms with Crippen LogP contribution >= 0.6 is 0 Å². The van der Waals surface area contributed by atoms with Gasteiger partial charge in [0.15, 0.2) is 0 Å². The third kappa shape index (κ3) is 6.35. The van der Waals surface area contributed by atoms with Crippen LogP contribution in [0.2, 0.25) is 0 Å². The molecule has 0 aromatic heterocycles. The molecule has 5 nitrogen and oxygen atoms in total. The van der Waals surface area contributed by atoms with Gasteiger partial charge >= 0.3 is 12.4 Å². The first-order valence-corrected chi connectivity index (χ1v) is 6.47. The van der Waals surface area contributed by atoms with Gasteiger partial charge in [0.05, 0.1) is 0 Å². The van der Waals surface area contributed by atoms with Gasteiger partial charge in [-0.25, -0.2) is 4.79 Å². The van der Waals surface area contributed by atoms with Gasteiger partial charge in [-0.3, -0.25) is 0 Å². The van der Waals surface area contributed by atoms with Gasteiger partial charge in [-0.1, -0.05) is 6.92 Å². The average Bonchev–Trinajstić information content (AvgIpc) is 2.39. The SMILES string of the molecule is CCCN(CCN)C(=O)Nc1ccc(OC(F)(F)F)cc1. The maximum atomic E-state index is 12.0. The Kier molecular flexibility index (Phi) is 6.29. The lowest BCUT2D eigenvalue weighted by Crippen LogP contribution is -2.38. The number of carbonyl (C=O) groups excluding carboxylic acids is 1. The second-order valence-corrected chi connectivity index (χ2v) is 4.28. The number of halogens is 3. The van der Waals surface area contributed by atoms with E-state index >= 15 is 0 Å². The van der Waals surface area contributed by atoms with Crippen molar-refractivity contribution in [3.05, 3.63) is 24.3 Å². The van der Waals surface area contributed by atoms with Crippen LogP contribution in [0.25, 0.3) is 0 Å². The largest absolute Gasteiger partial charge is 0.573 e. The van der Waals surface area contributed by atoms with Crippen molar-refractivity contribution in [2.75, 3.05) is 25.0 Å². The molecule has 0 atom stereocenters. The molecule has 0 bridgehead atoms. The molecule has 0 fully saturated rings. The van der Waals surface area contributed by atoms with Crippen LogP contribution in [-0.4, -0.2) is 36.9 Å². The molecule has 118 valence electrons. The van der Waals surface area contributed by atoms with Crippen molar-refractivity contribution in [3.8, 4) is 5.75 Å². The minimum absolute atomic E-state index is 0.339. The molecule has 1 aromatic rings. The number of anilines is 1. The minimum Gasteiger partial charge on any atom is -0.406 e. The molecule has 0 aliphatic rings. The Bertz CT molecular complexity index is 443. The molecular weight excluding hydrogens is 287 g/mol. The predicted octanol–water partition coefficient (Wildman–Crippen LogP) is 2.79. The van der Waals surface area contributed by atoms with Crippen LogP contribution in [0.1, 0.15) is 13.3 Å². The number of nitrogens with two attached hydrogens (primary N) is 1. The van der Waals surface area contributed by atoms with E-state index in [1.807, 2.05) is 6.92 Å². The lowest BCUT2D eigenvalue weighted by Gasteiger charge is -2.21. The summed E-state index contributed by atoms with van der Waals surface area (Å²) in [7, 11) is 0. The van der Waals surface area contributed by atoms with Crippen molar-refractivity contribution in [2.24, 2.45) is 5.73 Å². The topological polar surface area (TPSA) is 67.6 Å². The number of benzene rings is 1. The number of rotatable bonds is 6. The van der Waals surface area contributed by atoms with Gasteiger partial charge in [-0.05, 0) is 30.7 Å². The van der Waals surface area contributed by atoms with E-state index in [0.29, 0.717) is 25.3 Å². The Morgan fingerprint density at radius 1 is 1.29 bits per heavy atom. The van der Waals surface area contributed by atoms with Gasteiger partial charge in [0.25, 0.3) is 0 Å². The highest BCUT2D eigenvalue weighted by molar-refractivity contribution is 5.89. The van der Waals surface area contributed by atoms with E-state index in [2.05, 4.69) is 10.1 Å². The molecule has 0 aliphatic carbocycles. The van der Waals surface area contributed by atoms with Crippen molar-refractivity contribution >= 4 is 11.7 Å². The van der Waals surface area contributed by atoms with E-state index in [1.165, 1.54) is 12.1 Å². The third-order valence-corrected chi connectivity index (χ3v) is 2.52. The second kappa shape index (κ2) is 7.72. The average molecular weight is 305 g/mol. The number of ether oxygens (including phenoxy) is 1. The summed E-state index contributed by atoms with van der Waals surface area (Å²) in [5, 5.41) is 2.60. The second-order valence-electron chi connectivity index (χ2n) is 4.28. The lowest BCUT2D eigenvalue weighted by atomic mass is 10.3. The van der Waals surface area contributed by atoms with Gasteiger partial charge in [0, 0.05) is 25.3 Å².